The van der Waals surface area contributed by atoms with E-state index in [-0.39, 0.29) is 23.0 Å². The summed E-state index contributed by atoms with van der Waals surface area (Å²) in [4.78, 5) is 16.4. The van der Waals surface area contributed by atoms with Gasteiger partial charge in [0.1, 0.15) is 17.3 Å². The minimum atomic E-state index is -0.255. The van der Waals surface area contributed by atoms with Crippen LogP contribution < -0.4 is 9.80 Å². The molecule has 0 aliphatic heterocycles. The van der Waals surface area contributed by atoms with E-state index in [9.17, 15) is 20.1 Å². The summed E-state index contributed by atoms with van der Waals surface area (Å²) >= 11 is 0. The summed E-state index contributed by atoms with van der Waals surface area (Å²) < 4.78 is 0. The van der Waals surface area contributed by atoms with Crippen molar-refractivity contribution in [3.8, 4) is 11.5 Å². The fraction of sp³-hybridized carbons (Fsp3) is 0.269. The summed E-state index contributed by atoms with van der Waals surface area (Å²) in [6.45, 7) is 0. The number of allylic oxidation sites excluding steroid dienone is 3. The van der Waals surface area contributed by atoms with E-state index in [4.69, 9.17) is 0 Å². The molecular weight excluding hydrogens is 404 g/mol. The van der Waals surface area contributed by atoms with E-state index in [0.29, 0.717) is 40.9 Å². The van der Waals surface area contributed by atoms with Gasteiger partial charge in [0, 0.05) is 33.8 Å². The SMILES string of the molecule is CN(C)c1ccc(/C=C/C(=O)C2=C(O)/C(=C/c3ccc(N(C)C)c(O)c3)CCC2)cc1O. The van der Waals surface area contributed by atoms with Crippen LogP contribution >= 0.6 is 0 Å². The molecule has 2 aromatic carbocycles. The lowest BCUT2D eigenvalue weighted by Gasteiger charge is -2.18. The molecule has 0 amide bonds. The second-order valence-electron chi connectivity index (χ2n) is 8.33. The van der Waals surface area contributed by atoms with Gasteiger partial charge >= 0.3 is 0 Å². The molecule has 3 rings (SSSR count). The van der Waals surface area contributed by atoms with Gasteiger partial charge in [-0.2, -0.15) is 0 Å². The van der Waals surface area contributed by atoms with Crippen LogP contribution in [-0.2, 0) is 4.79 Å². The van der Waals surface area contributed by atoms with Crippen molar-refractivity contribution in [3.05, 3.63) is 70.5 Å². The molecular formula is C26H30N2O4. The predicted octanol–water partition coefficient (Wildman–Crippen LogP) is 4.89. The van der Waals surface area contributed by atoms with Gasteiger partial charge in [-0.1, -0.05) is 18.2 Å². The molecule has 0 aromatic heterocycles. The third-order valence-electron chi connectivity index (χ3n) is 5.49. The standard InChI is InChI=1S/C26H30N2O4/c1-27(2)21-11-8-17(15-24(21)30)10-13-23(29)20-7-5-6-19(26(20)32)14-18-9-12-22(28(3)4)25(31)16-18/h8-16,30-32H,5-7H2,1-4H3/b13-10+,19-14+. The molecule has 0 saturated carbocycles. The van der Waals surface area contributed by atoms with Crippen LogP contribution in [0.5, 0.6) is 11.5 Å². The monoisotopic (exact) mass is 434 g/mol. The lowest BCUT2D eigenvalue weighted by molar-refractivity contribution is -0.111. The van der Waals surface area contributed by atoms with Gasteiger partial charge in [0.25, 0.3) is 0 Å². The highest BCUT2D eigenvalue weighted by molar-refractivity contribution is 6.07. The Labute approximate surface area is 189 Å². The summed E-state index contributed by atoms with van der Waals surface area (Å²) in [5.41, 5.74) is 3.92. The third-order valence-corrected chi connectivity index (χ3v) is 5.49. The van der Waals surface area contributed by atoms with E-state index in [1.807, 2.05) is 57.4 Å². The molecule has 32 heavy (non-hydrogen) atoms. The molecule has 3 N–H and O–H groups in total. The van der Waals surface area contributed by atoms with Gasteiger partial charge < -0.3 is 25.1 Å². The normalized spacial score (nSPS) is 15.4. The maximum absolute atomic E-state index is 12.8. The van der Waals surface area contributed by atoms with E-state index in [1.165, 1.54) is 6.08 Å². The number of phenols is 2. The number of hydrogen-bond acceptors (Lipinski definition) is 6. The molecule has 168 valence electrons. The molecule has 2 aromatic rings. The maximum Gasteiger partial charge on any atom is 0.185 e. The molecule has 0 heterocycles. The van der Waals surface area contributed by atoms with Crippen molar-refractivity contribution in [2.45, 2.75) is 19.3 Å². The number of anilines is 2. The highest BCUT2D eigenvalue weighted by atomic mass is 16.3. The average Bonchev–Trinajstić information content (AvgIpc) is 2.73. The Kier molecular flexibility index (Phi) is 6.93. The number of benzene rings is 2. The van der Waals surface area contributed by atoms with Crippen LogP contribution in [0.4, 0.5) is 11.4 Å². The highest BCUT2D eigenvalue weighted by Gasteiger charge is 2.21. The van der Waals surface area contributed by atoms with Gasteiger partial charge in [-0.25, -0.2) is 0 Å². The number of carbonyl (C=O) groups is 1. The van der Waals surface area contributed by atoms with Crippen molar-refractivity contribution in [2.24, 2.45) is 0 Å². The number of ketones is 1. The van der Waals surface area contributed by atoms with Crippen LogP contribution in [0.1, 0.15) is 30.4 Å². The van der Waals surface area contributed by atoms with Crippen molar-refractivity contribution < 1.29 is 20.1 Å². The van der Waals surface area contributed by atoms with Crippen LogP contribution in [0.2, 0.25) is 0 Å². The van der Waals surface area contributed by atoms with Crippen molar-refractivity contribution in [2.75, 3.05) is 38.0 Å². The van der Waals surface area contributed by atoms with E-state index < -0.39 is 0 Å². The topological polar surface area (TPSA) is 84.2 Å². The smallest absolute Gasteiger partial charge is 0.185 e. The van der Waals surface area contributed by atoms with Crippen molar-refractivity contribution in [3.63, 3.8) is 0 Å². The molecule has 0 saturated heterocycles. The minimum Gasteiger partial charge on any atom is -0.507 e. The van der Waals surface area contributed by atoms with Gasteiger partial charge in [-0.05, 0) is 72.4 Å². The zero-order valence-electron chi connectivity index (χ0n) is 19.0. The fourth-order valence-electron chi connectivity index (χ4n) is 3.77. The number of aliphatic hydroxyl groups excluding tert-OH is 1. The Morgan fingerprint density at radius 3 is 1.97 bits per heavy atom. The minimum absolute atomic E-state index is 0.00730. The average molecular weight is 435 g/mol. The van der Waals surface area contributed by atoms with Crippen LogP contribution in [-0.4, -0.2) is 49.3 Å². The summed E-state index contributed by atoms with van der Waals surface area (Å²) in [7, 11) is 7.39. The Morgan fingerprint density at radius 1 is 0.844 bits per heavy atom. The molecule has 0 fully saturated rings. The fourth-order valence-corrected chi connectivity index (χ4v) is 3.77. The lowest BCUT2D eigenvalue weighted by atomic mass is 9.89. The second-order valence-corrected chi connectivity index (χ2v) is 8.33. The van der Waals surface area contributed by atoms with Crippen LogP contribution in [0, 0.1) is 0 Å². The second kappa shape index (κ2) is 9.64. The first kappa shape index (κ1) is 23.0. The zero-order valence-corrected chi connectivity index (χ0v) is 19.0. The van der Waals surface area contributed by atoms with Crippen molar-refractivity contribution in [1.29, 1.82) is 0 Å². The number of rotatable bonds is 6. The number of phenolic OH excluding ortho intramolecular Hbond substituents is 2. The molecule has 0 bridgehead atoms. The quantitative estimate of drug-likeness (QED) is 0.562. The summed E-state index contributed by atoms with van der Waals surface area (Å²) in [5, 5.41) is 31.1. The van der Waals surface area contributed by atoms with E-state index in [0.717, 1.165) is 12.0 Å². The Morgan fingerprint density at radius 2 is 1.41 bits per heavy atom. The van der Waals surface area contributed by atoms with Gasteiger partial charge in [0.05, 0.1) is 11.4 Å². The van der Waals surface area contributed by atoms with Crippen LogP contribution in [0.3, 0.4) is 0 Å². The molecule has 1 aliphatic rings. The molecule has 6 heteroatoms. The van der Waals surface area contributed by atoms with Gasteiger partial charge in [-0.15, -0.1) is 0 Å². The molecule has 0 spiro atoms. The van der Waals surface area contributed by atoms with Crippen molar-refractivity contribution >= 4 is 29.3 Å². The third kappa shape index (κ3) is 5.14. The molecule has 0 unspecified atom stereocenters. The van der Waals surface area contributed by atoms with Crippen molar-refractivity contribution in [1.82, 2.24) is 0 Å². The Hall–Kier alpha value is -3.67. The van der Waals surface area contributed by atoms with E-state index in [2.05, 4.69) is 0 Å². The first-order valence-electron chi connectivity index (χ1n) is 10.5. The van der Waals surface area contributed by atoms with Gasteiger partial charge in [0.15, 0.2) is 5.78 Å². The number of nitrogens with zero attached hydrogens (tertiary/aromatic N) is 2. The van der Waals surface area contributed by atoms with Gasteiger partial charge in [0.2, 0.25) is 0 Å². The number of aromatic hydroxyl groups is 2. The Balaban J connectivity index is 1.83. The first-order valence-corrected chi connectivity index (χ1v) is 10.5. The predicted molar refractivity (Wildman–Crippen MR) is 130 cm³/mol. The van der Waals surface area contributed by atoms with E-state index >= 15 is 0 Å². The van der Waals surface area contributed by atoms with Crippen LogP contribution in [0.25, 0.3) is 12.2 Å². The molecule has 0 atom stereocenters. The van der Waals surface area contributed by atoms with E-state index in [1.54, 1.807) is 29.2 Å². The molecule has 6 nitrogen and oxygen atoms in total. The number of aliphatic hydroxyl groups is 1. The van der Waals surface area contributed by atoms with Crippen LogP contribution in [0.15, 0.2) is 59.4 Å². The largest absolute Gasteiger partial charge is 0.507 e. The van der Waals surface area contributed by atoms with Gasteiger partial charge in [-0.3, -0.25) is 4.79 Å². The summed E-state index contributed by atoms with van der Waals surface area (Å²) in [6, 6.07) is 10.5. The first-order chi connectivity index (χ1) is 15.2. The summed E-state index contributed by atoms with van der Waals surface area (Å²) in [6.07, 6.45) is 6.78. The zero-order chi connectivity index (χ0) is 23.4. The molecule has 1 aliphatic carbocycles. The highest BCUT2D eigenvalue weighted by Crippen LogP contribution is 2.33. The maximum atomic E-state index is 12.8. The lowest BCUT2D eigenvalue weighted by Crippen LogP contribution is -2.10. The summed E-state index contributed by atoms with van der Waals surface area (Å²) in [5.74, 6) is 0.0486. The Bertz CT molecular complexity index is 1110. The number of hydrogen-bond donors (Lipinski definition) is 3. The number of carbonyl (C=O) groups excluding carboxylic acids is 1. The molecule has 0 radical (unpaired) electrons.